The summed E-state index contributed by atoms with van der Waals surface area (Å²) in [5.41, 5.74) is 2.61. The number of amides is 1. The highest BCUT2D eigenvalue weighted by molar-refractivity contribution is 7.80. The minimum absolute atomic E-state index is 0.0434. The number of quaternary nitrogens is 1. The summed E-state index contributed by atoms with van der Waals surface area (Å²) < 4.78 is 17.8. The van der Waals surface area contributed by atoms with E-state index in [1.165, 1.54) is 0 Å². The van der Waals surface area contributed by atoms with Gasteiger partial charge in [-0.25, -0.2) is 4.98 Å². The van der Waals surface area contributed by atoms with Gasteiger partial charge < -0.3 is 29.7 Å². The summed E-state index contributed by atoms with van der Waals surface area (Å²) >= 11 is 11.1. The molecule has 0 aliphatic carbocycles. The van der Waals surface area contributed by atoms with E-state index in [1.807, 2.05) is 79.8 Å². The van der Waals surface area contributed by atoms with Gasteiger partial charge in [0.25, 0.3) is 5.91 Å². The van der Waals surface area contributed by atoms with Crippen molar-refractivity contribution >= 4 is 65.9 Å². The van der Waals surface area contributed by atoms with E-state index < -0.39 is 7.14 Å². The largest absolute Gasteiger partial charge is 0.477 e. The minimum atomic E-state index is -2.02. The average molecular weight is 643 g/mol. The van der Waals surface area contributed by atoms with Crippen molar-refractivity contribution in [2.24, 2.45) is 0 Å². The highest BCUT2D eigenvalue weighted by Crippen LogP contribution is 2.46. The van der Waals surface area contributed by atoms with Crippen molar-refractivity contribution in [3.05, 3.63) is 83.8 Å². The molecule has 0 saturated carbocycles. The van der Waals surface area contributed by atoms with Gasteiger partial charge in [0.2, 0.25) is 5.95 Å². The fourth-order valence-corrected chi connectivity index (χ4v) is 5.91. The maximum Gasteiger partial charge on any atom is 0.250 e. The minimum Gasteiger partial charge on any atom is -0.477 e. The summed E-state index contributed by atoms with van der Waals surface area (Å²) in [7, 11) is 3.66. The third-order valence-corrected chi connectivity index (χ3v) is 9.30. The number of likely N-dealkylation sites (N-methyl/N-ethyl adjacent to an activating group) is 1. The van der Waals surface area contributed by atoms with Crippen molar-refractivity contribution in [1.82, 2.24) is 23.7 Å². The second-order valence-corrected chi connectivity index (χ2v) is 15.0. The number of hydrogen-bond donors (Lipinski definition) is 3. The fourth-order valence-electron chi connectivity index (χ4n) is 4.47. The molecule has 2 aromatic carbocycles. The van der Waals surface area contributed by atoms with E-state index in [9.17, 15) is 9.36 Å². The molecule has 0 bridgehead atoms. The number of thiol groups is 1. The highest BCUT2D eigenvalue weighted by atomic mass is 35.5. The monoisotopic (exact) mass is 642 g/mol. The van der Waals surface area contributed by atoms with Crippen LogP contribution in [0, 0.1) is 0 Å². The Morgan fingerprint density at radius 2 is 1.98 bits per heavy atom. The Balaban J connectivity index is 0.000000359. The number of nitrogens with one attached hydrogen (secondary N) is 2. The Hall–Kier alpha value is -3.34. The number of carbonyl (C=O) groups is 1. The van der Waals surface area contributed by atoms with Crippen molar-refractivity contribution in [2.75, 3.05) is 71.3 Å². The molecule has 13 heteroatoms. The molecule has 228 valence electrons. The molecule has 2 aliphatic heterocycles. The molecule has 2 N–H and O–H groups in total. The number of benzene rings is 2. The lowest BCUT2D eigenvalue weighted by Crippen LogP contribution is -2.52. The van der Waals surface area contributed by atoms with E-state index in [-0.39, 0.29) is 5.91 Å². The predicted molar refractivity (Wildman–Crippen MR) is 180 cm³/mol. The Bertz CT molecular complexity index is 1560. The lowest BCUT2D eigenvalue weighted by atomic mass is 10.1. The topological polar surface area (TPSA) is 99.7 Å². The molecule has 2 aliphatic rings. The quantitative estimate of drug-likeness (QED) is 0.140. The number of halogens is 1. The predicted octanol–water partition coefficient (Wildman–Crippen LogP) is 5.20. The highest BCUT2D eigenvalue weighted by Gasteiger charge is 2.43. The number of fused-ring (bicyclic) bond motifs is 3. The van der Waals surface area contributed by atoms with Gasteiger partial charge in [-0.3, -0.25) is 4.79 Å². The van der Waals surface area contributed by atoms with Gasteiger partial charge in [0, 0.05) is 42.8 Å². The summed E-state index contributed by atoms with van der Waals surface area (Å²) in [4.78, 5) is 24.9. The number of carbonyl (C=O) groups excluding carboxylic acids is 1. The van der Waals surface area contributed by atoms with E-state index in [0.717, 1.165) is 28.1 Å². The number of hydrogen-bond acceptors (Lipinski definition) is 9. The maximum atomic E-state index is 12.6. The second kappa shape index (κ2) is 14.0. The third-order valence-electron chi connectivity index (χ3n) is 6.81. The summed E-state index contributed by atoms with van der Waals surface area (Å²) in [5, 5.41) is 7.51. The van der Waals surface area contributed by atoms with Crippen LogP contribution < -0.4 is 24.6 Å². The number of anilines is 3. The van der Waals surface area contributed by atoms with Crippen LogP contribution in [0.1, 0.15) is 0 Å². The summed E-state index contributed by atoms with van der Waals surface area (Å²) in [6.07, 6.45) is 6.88. The Kier molecular flexibility index (Phi) is 10.6. The Morgan fingerprint density at radius 3 is 2.63 bits per heavy atom. The number of ether oxygens (including phenoxy) is 1. The zero-order valence-corrected chi connectivity index (χ0v) is 27.5. The van der Waals surface area contributed by atoms with Crippen LogP contribution >= 0.6 is 31.6 Å². The van der Waals surface area contributed by atoms with Crippen LogP contribution in [0.25, 0.3) is 0 Å². The average Bonchev–Trinajstić information content (AvgIpc) is 2.98. The van der Waals surface area contributed by atoms with E-state index in [0.29, 0.717) is 46.9 Å². The van der Waals surface area contributed by atoms with Gasteiger partial charge in [-0.15, -0.1) is 0 Å². The standard InChI is InChI=1S/C22H27ClN7O2S.C8H11OP/c1-24-21-17(23)12-25-22(27-21)26-15-6-7-18-19(11-15)32-14-16-13-29(9-10-30(16,18)33)20(31)5-4-8-28(2)3;1-10(2,9)8-6-4-3-5-7-8/h4-7,11-13,33H,8-10,14H2,1-3H3,(H2,24,25,26,27);3-7H,1-2H3/q+1;/b5-4+;. The van der Waals surface area contributed by atoms with Crippen molar-refractivity contribution in [3.8, 4) is 5.75 Å². The van der Waals surface area contributed by atoms with Crippen molar-refractivity contribution in [3.63, 3.8) is 0 Å². The SMILES string of the molecule is CNc1nc(Nc2ccc3c(c2)OCC2=CN(C(=O)/C=C/CN(C)C)CC[N+]23S)ncc1Cl.CP(C)(=O)c1ccccc1. The molecule has 0 radical (unpaired) electrons. The molecule has 0 fully saturated rings. The van der Waals surface area contributed by atoms with Crippen molar-refractivity contribution < 1.29 is 14.1 Å². The zero-order chi connectivity index (χ0) is 31.2. The lowest BCUT2D eigenvalue weighted by molar-refractivity contribution is -0.124. The molecular weight excluding hydrogens is 605 g/mol. The van der Waals surface area contributed by atoms with Crippen LogP contribution in [-0.4, -0.2) is 86.4 Å². The Morgan fingerprint density at radius 1 is 1.23 bits per heavy atom. The molecule has 1 atom stereocenters. The van der Waals surface area contributed by atoms with Gasteiger partial charge in [-0.1, -0.05) is 48.0 Å². The van der Waals surface area contributed by atoms with Crippen LogP contribution in [0.2, 0.25) is 5.02 Å². The summed E-state index contributed by atoms with van der Waals surface area (Å²) in [6.45, 7) is 5.81. The van der Waals surface area contributed by atoms with Gasteiger partial charge in [-0.05, 0) is 33.5 Å². The van der Waals surface area contributed by atoms with Crippen LogP contribution in [0.15, 0.2) is 78.8 Å². The van der Waals surface area contributed by atoms with Crippen molar-refractivity contribution in [2.45, 2.75) is 0 Å². The Labute approximate surface area is 263 Å². The third kappa shape index (κ3) is 8.19. The first-order valence-corrected chi connectivity index (χ1v) is 17.1. The molecule has 0 saturated heterocycles. The molecule has 0 spiro atoms. The zero-order valence-electron chi connectivity index (χ0n) is 25.0. The maximum absolute atomic E-state index is 12.6. The normalized spacial score (nSPS) is 17.7. The summed E-state index contributed by atoms with van der Waals surface area (Å²) in [6, 6.07) is 15.4. The first kappa shape index (κ1) is 32.6. The molecule has 1 amide bonds. The van der Waals surface area contributed by atoms with Gasteiger partial charge >= 0.3 is 0 Å². The number of rotatable bonds is 7. The van der Waals surface area contributed by atoms with Gasteiger partial charge in [0.05, 0.1) is 31.8 Å². The van der Waals surface area contributed by atoms with Crippen LogP contribution in [0.5, 0.6) is 5.75 Å². The fraction of sp³-hybridized carbons (Fsp3) is 0.300. The first-order valence-electron chi connectivity index (χ1n) is 13.7. The van der Waals surface area contributed by atoms with E-state index in [1.54, 1.807) is 37.6 Å². The molecule has 3 heterocycles. The van der Waals surface area contributed by atoms with Gasteiger partial charge in [0.15, 0.2) is 23.7 Å². The molecule has 5 rings (SSSR count). The van der Waals surface area contributed by atoms with E-state index in [4.69, 9.17) is 29.2 Å². The number of nitrogens with zero attached hydrogens (tertiary/aromatic N) is 5. The van der Waals surface area contributed by atoms with Crippen LogP contribution in [0.3, 0.4) is 0 Å². The lowest BCUT2D eigenvalue weighted by Gasteiger charge is -2.41. The van der Waals surface area contributed by atoms with E-state index >= 15 is 0 Å². The molecular formula is C30H38ClN7O3PS+. The smallest absolute Gasteiger partial charge is 0.250 e. The van der Waals surface area contributed by atoms with Gasteiger partial charge in [-0.2, -0.15) is 8.87 Å². The van der Waals surface area contributed by atoms with E-state index in [2.05, 4.69) is 20.6 Å². The summed E-state index contributed by atoms with van der Waals surface area (Å²) in [5.74, 6) is 1.64. The van der Waals surface area contributed by atoms with Gasteiger partial charge in [0.1, 0.15) is 24.5 Å². The second-order valence-electron chi connectivity index (χ2n) is 10.7. The first-order chi connectivity index (χ1) is 20.4. The molecule has 10 nitrogen and oxygen atoms in total. The van der Waals surface area contributed by atoms with Crippen molar-refractivity contribution in [1.29, 1.82) is 0 Å². The van der Waals surface area contributed by atoms with Crippen LogP contribution in [0.4, 0.5) is 23.1 Å². The number of aromatic nitrogens is 2. The molecule has 1 unspecified atom stereocenters. The molecule has 3 aromatic rings. The molecule has 43 heavy (non-hydrogen) atoms. The molecule has 1 aromatic heterocycles. The van der Waals surface area contributed by atoms with Crippen LogP contribution in [-0.2, 0) is 9.36 Å².